The zero-order valence-electron chi connectivity index (χ0n) is 28.2. The van der Waals surface area contributed by atoms with Crippen LogP contribution in [-0.4, -0.2) is 49.3 Å². The lowest BCUT2D eigenvalue weighted by molar-refractivity contribution is -0.0911. The molecule has 4 aromatic carbocycles. The zero-order valence-corrected chi connectivity index (χ0v) is 29.9. The van der Waals surface area contributed by atoms with E-state index in [0.29, 0.717) is 17.1 Å². The van der Waals surface area contributed by atoms with E-state index in [-0.39, 0.29) is 13.0 Å². The van der Waals surface area contributed by atoms with Crippen LogP contribution in [0.5, 0.6) is 11.5 Å². The maximum Gasteiger partial charge on any atom is 0.330 e. The average molecular weight is 715 g/mol. The molecule has 2 heterocycles. The summed E-state index contributed by atoms with van der Waals surface area (Å²) < 4.78 is 46.3. The highest BCUT2D eigenvalue weighted by Gasteiger charge is 2.44. The first kappa shape index (κ1) is 35.4. The molecule has 0 aliphatic carbocycles. The number of rotatable bonds is 13. The average Bonchev–Trinajstić information content (AvgIpc) is 3.52. The fourth-order valence-corrected chi connectivity index (χ4v) is 9.55. The highest BCUT2D eigenvalue weighted by molar-refractivity contribution is 8.56. The maximum atomic E-state index is 14.0. The molecule has 6 rings (SSSR count). The van der Waals surface area contributed by atoms with Gasteiger partial charge in [-0.15, -0.1) is 0 Å². The zero-order chi connectivity index (χ0) is 35.3. The Kier molecular flexibility index (Phi) is 10.8. The molecule has 4 atom stereocenters. The molecule has 1 fully saturated rings. The van der Waals surface area contributed by atoms with Crippen LogP contribution in [0.2, 0.25) is 0 Å². The van der Waals surface area contributed by atoms with Crippen LogP contribution in [-0.2, 0) is 24.2 Å². The van der Waals surface area contributed by atoms with Crippen LogP contribution in [0, 0.1) is 6.92 Å². The Labute approximate surface area is 294 Å². The smallest absolute Gasteiger partial charge is 0.330 e. The summed E-state index contributed by atoms with van der Waals surface area (Å²) in [6.07, 6.45) is -0.642. The van der Waals surface area contributed by atoms with Gasteiger partial charge in [0.05, 0.1) is 26.9 Å². The fraction of sp³-hybridized carbons (Fsp3) is 0.263. The minimum Gasteiger partial charge on any atom is -0.497 e. The third-order valence-electron chi connectivity index (χ3n) is 8.62. The van der Waals surface area contributed by atoms with Gasteiger partial charge in [-0.3, -0.25) is 18.9 Å². The second kappa shape index (κ2) is 15.2. The van der Waals surface area contributed by atoms with E-state index in [0.717, 1.165) is 33.0 Å². The van der Waals surface area contributed by atoms with Gasteiger partial charge in [-0.1, -0.05) is 72.8 Å². The molecule has 1 saturated heterocycles. The lowest BCUT2D eigenvalue weighted by Gasteiger charge is -2.37. The highest BCUT2D eigenvalue weighted by atomic mass is 32.7. The van der Waals surface area contributed by atoms with E-state index in [1.54, 1.807) is 27.8 Å². The molecule has 5 aromatic rings. The van der Waals surface area contributed by atoms with E-state index < -0.39 is 41.9 Å². The van der Waals surface area contributed by atoms with Gasteiger partial charge in [0.2, 0.25) is 0 Å². The highest BCUT2D eigenvalue weighted by Crippen LogP contribution is 2.61. The van der Waals surface area contributed by atoms with Crippen molar-refractivity contribution in [3.05, 3.63) is 158 Å². The third kappa shape index (κ3) is 7.67. The molecule has 0 saturated carbocycles. The summed E-state index contributed by atoms with van der Waals surface area (Å²) in [6.45, 7) is -0.113. The van der Waals surface area contributed by atoms with Gasteiger partial charge in [-0.05, 0) is 71.4 Å². The largest absolute Gasteiger partial charge is 0.497 e. The van der Waals surface area contributed by atoms with Crippen LogP contribution in [0.1, 0.15) is 34.9 Å². The first-order valence-corrected chi connectivity index (χ1v) is 19.6. The normalized spacial score (nSPS) is 18.8. The summed E-state index contributed by atoms with van der Waals surface area (Å²) in [5.74, 6) is 1.38. The number of nitrogens with one attached hydrogen (secondary N) is 1. The Bertz CT molecular complexity index is 2010. The van der Waals surface area contributed by atoms with E-state index in [1.807, 2.05) is 109 Å². The molecular formula is C38H39N2O8PS. The summed E-state index contributed by atoms with van der Waals surface area (Å²) in [7, 11) is 3.23. The van der Waals surface area contributed by atoms with E-state index >= 15 is 0 Å². The molecular weight excluding hydrogens is 675 g/mol. The van der Waals surface area contributed by atoms with Gasteiger partial charge in [-0.25, -0.2) is 4.79 Å². The number of hydrogen-bond donors (Lipinski definition) is 1. The minimum absolute atomic E-state index is 0.0127. The Morgan fingerprint density at radius 2 is 1.38 bits per heavy atom. The number of methoxy groups -OCH3 is 2. The van der Waals surface area contributed by atoms with Gasteiger partial charge in [0.15, 0.2) is 0 Å². The predicted molar refractivity (Wildman–Crippen MR) is 194 cm³/mol. The number of benzene rings is 4. The van der Waals surface area contributed by atoms with Crippen LogP contribution in [0.4, 0.5) is 0 Å². The second-order valence-corrected chi connectivity index (χ2v) is 16.9. The van der Waals surface area contributed by atoms with Crippen LogP contribution in [0.15, 0.2) is 130 Å². The van der Waals surface area contributed by atoms with Crippen molar-refractivity contribution in [1.29, 1.82) is 0 Å². The molecule has 1 unspecified atom stereocenters. The van der Waals surface area contributed by atoms with Crippen molar-refractivity contribution >= 4 is 18.0 Å². The molecule has 50 heavy (non-hydrogen) atoms. The van der Waals surface area contributed by atoms with Crippen LogP contribution < -0.4 is 20.7 Å². The summed E-state index contributed by atoms with van der Waals surface area (Å²) in [5, 5.41) is 0. The molecule has 1 aliphatic heterocycles. The first-order valence-electron chi connectivity index (χ1n) is 16.1. The fourth-order valence-electron chi connectivity index (χ4n) is 6.15. The summed E-state index contributed by atoms with van der Waals surface area (Å²) in [4.78, 5) is 28.3. The van der Waals surface area contributed by atoms with Gasteiger partial charge >= 0.3 is 5.69 Å². The standard InChI is InChI=1S/C38H39N2O8PS/c1-26-24-40(37(42)39-36(26)41)35-23-33(48-49(4,43)50-32-13-9-6-10-14-32)34(47-35)25-46-38(27-11-7-5-8-12-27,28-15-19-30(44-2)20-16-28)29-17-21-31(45-3)22-18-29/h5-22,24,33-35H,23,25H2,1-4H3,(H,39,41,42)/t33-,34+,35+,49?/m0/s1. The molecule has 0 radical (unpaired) electrons. The van der Waals surface area contributed by atoms with Gasteiger partial charge in [-0.2, -0.15) is 0 Å². The van der Waals surface area contributed by atoms with Crippen LogP contribution in [0.25, 0.3) is 0 Å². The lowest BCUT2D eigenvalue weighted by atomic mass is 9.80. The Balaban J connectivity index is 1.41. The SMILES string of the molecule is COc1ccc(C(OC[C@H]2O[C@@H](n3cc(C)c(=O)[nH]c3=O)C[C@@H]2OP(C)(=O)Sc2ccccc2)(c2ccccc2)c2ccc(OC)cc2)cc1. The summed E-state index contributed by atoms with van der Waals surface area (Å²) in [5.41, 5.74) is 0.639. The number of hydrogen-bond acceptors (Lipinski definition) is 9. The van der Waals surface area contributed by atoms with Crippen molar-refractivity contribution in [3.63, 3.8) is 0 Å². The number of aromatic amines is 1. The van der Waals surface area contributed by atoms with E-state index in [2.05, 4.69) is 4.98 Å². The molecule has 260 valence electrons. The third-order valence-corrected chi connectivity index (χ3v) is 12.0. The molecule has 10 nitrogen and oxygen atoms in total. The topological polar surface area (TPSA) is 118 Å². The van der Waals surface area contributed by atoms with Gasteiger partial charge in [0.25, 0.3) is 12.1 Å². The lowest BCUT2D eigenvalue weighted by Crippen LogP contribution is -2.38. The van der Waals surface area contributed by atoms with Crippen LogP contribution >= 0.6 is 18.0 Å². The van der Waals surface area contributed by atoms with Gasteiger partial charge in [0, 0.05) is 29.7 Å². The van der Waals surface area contributed by atoms with E-state index in [1.165, 1.54) is 10.8 Å². The van der Waals surface area contributed by atoms with Crippen molar-refractivity contribution in [2.24, 2.45) is 0 Å². The molecule has 12 heteroatoms. The Morgan fingerprint density at radius 1 is 0.840 bits per heavy atom. The first-order chi connectivity index (χ1) is 24.1. The molecule has 1 N–H and O–H groups in total. The van der Waals surface area contributed by atoms with Crippen molar-refractivity contribution in [3.8, 4) is 11.5 Å². The molecule has 1 aromatic heterocycles. The van der Waals surface area contributed by atoms with E-state index in [9.17, 15) is 14.2 Å². The number of aromatic nitrogens is 2. The van der Waals surface area contributed by atoms with Gasteiger partial charge < -0.3 is 23.5 Å². The Morgan fingerprint density at radius 3 is 1.94 bits per heavy atom. The number of aryl methyl sites for hydroxylation is 1. The number of ether oxygens (including phenoxy) is 4. The van der Waals surface area contributed by atoms with Crippen molar-refractivity contribution in [1.82, 2.24) is 9.55 Å². The molecule has 0 bridgehead atoms. The maximum absolute atomic E-state index is 14.0. The van der Waals surface area contributed by atoms with Crippen LogP contribution in [0.3, 0.4) is 0 Å². The summed E-state index contributed by atoms with van der Waals surface area (Å²) in [6, 6.07) is 34.6. The molecule has 1 aliphatic rings. The second-order valence-electron chi connectivity index (χ2n) is 12.0. The minimum atomic E-state index is -3.30. The summed E-state index contributed by atoms with van der Waals surface area (Å²) >= 11 is 1.16. The quantitative estimate of drug-likeness (QED) is 0.100. The molecule has 0 spiro atoms. The van der Waals surface area contributed by atoms with E-state index in [4.69, 9.17) is 23.5 Å². The van der Waals surface area contributed by atoms with Crippen molar-refractivity contribution < 1.29 is 28.0 Å². The van der Waals surface area contributed by atoms with Crippen molar-refractivity contribution in [2.45, 2.75) is 42.3 Å². The Hall–Kier alpha value is -4.38. The monoisotopic (exact) mass is 714 g/mol. The number of nitrogens with zero attached hydrogens (tertiary/aromatic N) is 1. The van der Waals surface area contributed by atoms with Gasteiger partial charge in [0.1, 0.15) is 29.4 Å². The molecule has 0 amide bonds. The van der Waals surface area contributed by atoms with Crippen molar-refractivity contribution in [2.75, 3.05) is 27.5 Å². The number of H-pyrrole nitrogens is 1. The predicted octanol–water partition coefficient (Wildman–Crippen LogP) is 7.16.